The second-order valence-corrected chi connectivity index (χ2v) is 6.85. The summed E-state index contributed by atoms with van der Waals surface area (Å²) in [5.74, 6) is 1.60. The fourth-order valence-electron chi connectivity index (χ4n) is 2.81. The molecule has 0 atom stereocenters. The third kappa shape index (κ3) is 4.69. The maximum absolute atomic E-state index is 13.0. The number of benzene rings is 1. The number of rotatable bonds is 5. The monoisotopic (exact) mass is 376 g/mol. The molecule has 26 heavy (non-hydrogen) atoms. The van der Waals surface area contributed by atoms with E-state index < -0.39 is 0 Å². The lowest BCUT2D eigenvalue weighted by Crippen LogP contribution is -2.52. The van der Waals surface area contributed by atoms with Crippen LogP contribution in [0.15, 0.2) is 29.3 Å². The molecule has 0 bridgehead atoms. The van der Waals surface area contributed by atoms with E-state index in [1.165, 1.54) is 23.7 Å². The van der Waals surface area contributed by atoms with E-state index >= 15 is 0 Å². The molecule has 0 spiro atoms. The highest BCUT2D eigenvalue weighted by molar-refractivity contribution is 7.09. The molecule has 0 saturated carbocycles. The van der Waals surface area contributed by atoms with Crippen LogP contribution in [0, 0.1) is 5.82 Å². The fraction of sp³-hybridized carbons (Fsp3) is 0.500. The summed E-state index contributed by atoms with van der Waals surface area (Å²) in [4.78, 5) is 13.9. The van der Waals surface area contributed by atoms with E-state index in [-0.39, 0.29) is 5.82 Å². The van der Waals surface area contributed by atoms with Gasteiger partial charge in [0.15, 0.2) is 5.96 Å². The third-order valence-electron chi connectivity index (χ3n) is 4.28. The summed E-state index contributed by atoms with van der Waals surface area (Å²) in [7, 11) is 0. The maximum Gasteiger partial charge on any atom is 0.205 e. The Balaban J connectivity index is 1.60. The smallest absolute Gasteiger partial charge is 0.205 e. The maximum atomic E-state index is 13.0. The van der Waals surface area contributed by atoms with Gasteiger partial charge in [0.25, 0.3) is 0 Å². The van der Waals surface area contributed by atoms with E-state index in [9.17, 15) is 4.39 Å². The predicted molar refractivity (Wildman–Crippen MR) is 104 cm³/mol. The molecule has 1 aromatic carbocycles. The highest BCUT2D eigenvalue weighted by Crippen LogP contribution is 2.19. The van der Waals surface area contributed by atoms with Gasteiger partial charge in [-0.25, -0.2) is 14.4 Å². The first-order chi connectivity index (χ1) is 12.7. The summed E-state index contributed by atoms with van der Waals surface area (Å²) < 4.78 is 17.4. The van der Waals surface area contributed by atoms with Crippen LogP contribution in [0.5, 0.6) is 0 Å². The molecule has 2 aromatic rings. The van der Waals surface area contributed by atoms with E-state index in [1.54, 1.807) is 12.1 Å². The van der Waals surface area contributed by atoms with Gasteiger partial charge in [0.2, 0.25) is 5.13 Å². The minimum Gasteiger partial charge on any atom is -0.357 e. The van der Waals surface area contributed by atoms with Crippen LogP contribution < -0.4 is 10.2 Å². The molecule has 2 heterocycles. The van der Waals surface area contributed by atoms with Crippen molar-refractivity contribution in [2.24, 2.45) is 4.99 Å². The van der Waals surface area contributed by atoms with Crippen LogP contribution in [0.3, 0.4) is 0 Å². The molecule has 1 aliphatic heterocycles. The highest BCUT2D eigenvalue weighted by atomic mass is 32.1. The van der Waals surface area contributed by atoms with E-state index in [2.05, 4.69) is 38.3 Å². The molecule has 8 heteroatoms. The van der Waals surface area contributed by atoms with Crippen molar-refractivity contribution in [2.45, 2.75) is 26.8 Å². The molecular formula is C18H25FN6S. The summed E-state index contributed by atoms with van der Waals surface area (Å²) in [6.45, 7) is 9.07. The number of hydrogen-bond acceptors (Lipinski definition) is 5. The van der Waals surface area contributed by atoms with E-state index in [0.717, 1.165) is 61.6 Å². The first kappa shape index (κ1) is 18.6. The predicted octanol–water partition coefficient (Wildman–Crippen LogP) is 2.53. The molecule has 0 aliphatic carbocycles. The lowest BCUT2D eigenvalue weighted by atomic mass is 10.2. The van der Waals surface area contributed by atoms with Gasteiger partial charge in [-0.2, -0.15) is 4.37 Å². The molecule has 1 fully saturated rings. The fourth-order valence-corrected chi connectivity index (χ4v) is 3.61. The molecule has 1 aliphatic rings. The van der Waals surface area contributed by atoms with Crippen LogP contribution in [-0.2, 0) is 13.0 Å². The average Bonchev–Trinajstić information content (AvgIpc) is 3.16. The van der Waals surface area contributed by atoms with Crippen LogP contribution in [0.2, 0.25) is 0 Å². The standard InChI is InChI=1S/C18H25FN6S/c1-3-16-22-18(26-23-16)25-11-9-24(10-12-25)17(20-4-2)21-13-14-5-7-15(19)8-6-14/h5-8H,3-4,9-13H2,1-2H3,(H,20,21). The number of anilines is 1. The lowest BCUT2D eigenvalue weighted by Gasteiger charge is -2.36. The Hall–Kier alpha value is -2.22. The van der Waals surface area contributed by atoms with Crippen molar-refractivity contribution in [3.8, 4) is 0 Å². The summed E-state index contributed by atoms with van der Waals surface area (Å²) >= 11 is 1.48. The van der Waals surface area contributed by atoms with Crippen molar-refractivity contribution in [1.82, 2.24) is 19.6 Å². The minimum atomic E-state index is -0.219. The van der Waals surface area contributed by atoms with Gasteiger partial charge in [0.1, 0.15) is 11.6 Å². The Morgan fingerprint density at radius 1 is 1.19 bits per heavy atom. The summed E-state index contributed by atoms with van der Waals surface area (Å²) in [6, 6.07) is 6.51. The quantitative estimate of drug-likeness (QED) is 0.642. The van der Waals surface area contributed by atoms with Gasteiger partial charge in [-0.15, -0.1) is 0 Å². The van der Waals surface area contributed by atoms with Crippen molar-refractivity contribution in [2.75, 3.05) is 37.6 Å². The zero-order valence-electron chi connectivity index (χ0n) is 15.3. The number of aliphatic imine (C=N–C) groups is 1. The number of halogens is 1. The van der Waals surface area contributed by atoms with Crippen LogP contribution in [0.1, 0.15) is 25.2 Å². The molecule has 0 amide bonds. The number of aromatic nitrogens is 2. The second kappa shape index (κ2) is 8.93. The molecular weight excluding hydrogens is 351 g/mol. The zero-order valence-corrected chi connectivity index (χ0v) is 16.1. The van der Waals surface area contributed by atoms with Crippen molar-refractivity contribution in [3.63, 3.8) is 0 Å². The first-order valence-corrected chi connectivity index (χ1v) is 9.82. The van der Waals surface area contributed by atoms with Gasteiger partial charge in [-0.3, -0.25) is 0 Å². The normalized spacial score (nSPS) is 15.4. The molecule has 1 aromatic heterocycles. The number of piperazine rings is 1. The Morgan fingerprint density at radius 3 is 2.54 bits per heavy atom. The SMILES string of the molecule is CCNC(=NCc1ccc(F)cc1)N1CCN(c2nc(CC)ns2)CC1. The number of hydrogen-bond donors (Lipinski definition) is 1. The van der Waals surface area contributed by atoms with E-state index in [4.69, 9.17) is 4.99 Å². The summed E-state index contributed by atoms with van der Waals surface area (Å²) in [5.41, 5.74) is 1.00. The van der Waals surface area contributed by atoms with Gasteiger partial charge < -0.3 is 15.1 Å². The molecule has 0 unspecified atom stereocenters. The van der Waals surface area contributed by atoms with Crippen molar-refractivity contribution >= 4 is 22.6 Å². The Morgan fingerprint density at radius 2 is 1.92 bits per heavy atom. The Labute approximate surface area is 157 Å². The lowest BCUT2D eigenvalue weighted by molar-refractivity contribution is 0.372. The van der Waals surface area contributed by atoms with Gasteiger partial charge in [0.05, 0.1) is 6.54 Å². The van der Waals surface area contributed by atoms with Crippen LogP contribution >= 0.6 is 11.5 Å². The van der Waals surface area contributed by atoms with Gasteiger partial charge in [0, 0.05) is 50.7 Å². The molecule has 1 N–H and O–H groups in total. The van der Waals surface area contributed by atoms with Crippen molar-refractivity contribution < 1.29 is 4.39 Å². The Kier molecular flexibility index (Phi) is 6.38. The number of aryl methyl sites for hydroxylation is 1. The minimum absolute atomic E-state index is 0.219. The number of guanidine groups is 1. The van der Waals surface area contributed by atoms with Crippen LogP contribution in [-0.4, -0.2) is 52.9 Å². The van der Waals surface area contributed by atoms with E-state index in [0.29, 0.717) is 6.54 Å². The molecule has 0 radical (unpaired) electrons. The zero-order chi connectivity index (χ0) is 18.4. The van der Waals surface area contributed by atoms with Crippen LogP contribution in [0.4, 0.5) is 9.52 Å². The Bertz CT molecular complexity index is 722. The van der Waals surface area contributed by atoms with Crippen LogP contribution in [0.25, 0.3) is 0 Å². The van der Waals surface area contributed by atoms with Crippen molar-refractivity contribution in [3.05, 3.63) is 41.5 Å². The van der Waals surface area contributed by atoms with Gasteiger partial charge in [-0.1, -0.05) is 19.1 Å². The van der Waals surface area contributed by atoms with E-state index in [1.807, 2.05) is 0 Å². The molecule has 1 saturated heterocycles. The molecule has 3 rings (SSSR count). The number of nitrogens with zero attached hydrogens (tertiary/aromatic N) is 5. The van der Waals surface area contributed by atoms with Gasteiger partial charge in [-0.05, 0) is 24.6 Å². The third-order valence-corrected chi connectivity index (χ3v) is 5.10. The summed E-state index contributed by atoms with van der Waals surface area (Å²) in [5, 5.41) is 4.37. The largest absolute Gasteiger partial charge is 0.357 e. The highest BCUT2D eigenvalue weighted by Gasteiger charge is 2.22. The number of nitrogens with one attached hydrogen (secondary N) is 1. The van der Waals surface area contributed by atoms with Gasteiger partial charge >= 0.3 is 0 Å². The van der Waals surface area contributed by atoms with Crippen molar-refractivity contribution in [1.29, 1.82) is 0 Å². The first-order valence-electron chi connectivity index (χ1n) is 9.04. The molecule has 6 nitrogen and oxygen atoms in total. The summed E-state index contributed by atoms with van der Waals surface area (Å²) in [6.07, 6.45) is 0.872. The average molecular weight is 377 g/mol. The topological polar surface area (TPSA) is 56.7 Å². The molecule has 140 valence electrons. The second-order valence-electron chi connectivity index (χ2n) is 6.12.